The van der Waals surface area contributed by atoms with Crippen molar-refractivity contribution in [3.63, 3.8) is 0 Å². The number of aromatic hydroxyl groups is 1. The molecular weight excluding hydrogens is 464 g/mol. The van der Waals surface area contributed by atoms with Gasteiger partial charge in [-0.15, -0.1) is 0 Å². The molecule has 8 heteroatoms. The van der Waals surface area contributed by atoms with Crippen LogP contribution in [0.5, 0.6) is 5.75 Å². The van der Waals surface area contributed by atoms with E-state index in [2.05, 4.69) is 10.6 Å². The summed E-state index contributed by atoms with van der Waals surface area (Å²) < 4.78 is 26.4. The summed E-state index contributed by atoms with van der Waals surface area (Å²) in [5.74, 6) is -0.670. The monoisotopic (exact) mass is 500 g/mol. The number of aryl methyl sites for hydroxylation is 2. The standard InChI is InChI=1S/C27H36N2O5S/c1-6-9-18-15-22(29-26(32)27(4,5)19-12-13-19)23(30)16-21(18)28-25(31)24(7-2)35(33,34)20-11-8-10-17(3)14-20/h8,10-11,14-16,19,24,30H,6-7,9,12-13H2,1-5H3,(H,28,31)(H,29,32). The van der Waals surface area contributed by atoms with Crippen LogP contribution in [0.2, 0.25) is 0 Å². The fourth-order valence-corrected chi connectivity index (χ4v) is 6.04. The third-order valence-electron chi connectivity index (χ3n) is 6.79. The number of hydrogen-bond donors (Lipinski definition) is 3. The third kappa shape index (κ3) is 5.86. The molecule has 1 saturated carbocycles. The van der Waals surface area contributed by atoms with Crippen LogP contribution in [-0.2, 0) is 25.8 Å². The average molecular weight is 501 g/mol. The number of hydrogen-bond acceptors (Lipinski definition) is 5. The van der Waals surface area contributed by atoms with Crippen molar-refractivity contribution in [1.82, 2.24) is 0 Å². The quantitative estimate of drug-likeness (QED) is 0.387. The number of rotatable bonds is 10. The van der Waals surface area contributed by atoms with Gasteiger partial charge in [0.1, 0.15) is 11.0 Å². The molecule has 2 aromatic carbocycles. The number of carbonyl (C=O) groups is 2. The molecule has 35 heavy (non-hydrogen) atoms. The fourth-order valence-electron chi connectivity index (χ4n) is 4.32. The van der Waals surface area contributed by atoms with E-state index in [1.165, 1.54) is 12.1 Å². The van der Waals surface area contributed by atoms with E-state index >= 15 is 0 Å². The lowest BCUT2D eigenvalue weighted by Gasteiger charge is -2.24. The first-order valence-corrected chi connectivity index (χ1v) is 13.7. The maximum Gasteiger partial charge on any atom is 0.243 e. The van der Waals surface area contributed by atoms with Gasteiger partial charge in [-0.25, -0.2) is 8.42 Å². The lowest BCUT2D eigenvalue weighted by molar-refractivity contribution is -0.125. The number of phenolic OH excluding ortho intramolecular Hbond substituents is 1. The maximum absolute atomic E-state index is 13.2. The lowest BCUT2D eigenvalue weighted by Crippen LogP contribution is -2.35. The van der Waals surface area contributed by atoms with Gasteiger partial charge in [0.2, 0.25) is 11.8 Å². The Morgan fingerprint density at radius 2 is 1.77 bits per heavy atom. The second kappa shape index (κ2) is 10.4. The molecule has 0 bridgehead atoms. The van der Waals surface area contributed by atoms with Crippen molar-refractivity contribution < 1.29 is 23.1 Å². The van der Waals surface area contributed by atoms with E-state index in [1.54, 1.807) is 38.1 Å². The van der Waals surface area contributed by atoms with Crippen LogP contribution in [0.4, 0.5) is 11.4 Å². The van der Waals surface area contributed by atoms with Crippen molar-refractivity contribution in [3.05, 3.63) is 47.5 Å². The molecule has 7 nitrogen and oxygen atoms in total. The number of sulfone groups is 1. The van der Waals surface area contributed by atoms with Crippen LogP contribution < -0.4 is 10.6 Å². The molecule has 0 saturated heterocycles. The Morgan fingerprint density at radius 3 is 2.34 bits per heavy atom. The second-order valence-corrected chi connectivity index (χ2v) is 12.1. The predicted molar refractivity (Wildman–Crippen MR) is 138 cm³/mol. The first-order valence-electron chi connectivity index (χ1n) is 12.2. The van der Waals surface area contributed by atoms with Crippen molar-refractivity contribution in [3.8, 4) is 5.75 Å². The number of amides is 2. The summed E-state index contributed by atoms with van der Waals surface area (Å²) in [6.45, 7) is 9.23. The minimum Gasteiger partial charge on any atom is -0.506 e. The minimum atomic E-state index is -3.90. The zero-order chi connectivity index (χ0) is 26.0. The van der Waals surface area contributed by atoms with Gasteiger partial charge < -0.3 is 15.7 Å². The second-order valence-electron chi connectivity index (χ2n) is 9.97. The zero-order valence-corrected chi connectivity index (χ0v) is 22.0. The summed E-state index contributed by atoms with van der Waals surface area (Å²) in [5.41, 5.74) is 1.58. The molecule has 2 aromatic rings. The molecule has 1 fully saturated rings. The van der Waals surface area contributed by atoms with Crippen LogP contribution in [-0.4, -0.2) is 30.6 Å². The van der Waals surface area contributed by atoms with Crippen LogP contribution in [0.3, 0.4) is 0 Å². The Kier molecular flexibility index (Phi) is 7.94. The van der Waals surface area contributed by atoms with E-state index in [0.717, 1.165) is 24.8 Å². The number of phenols is 1. The number of anilines is 2. The molecule has 1 unspecified atom stereocenters. The molecule has 190 valence electrons. The van der Waals surface area contributed by atoms with Gasteiger partial charge in [0.15, 0.2) is 9.84 Å². The number of nitrogens with one attached hydrogen (secondary N) is 2. The molecule has 1 aliphatic carbocycles. The Labute approximate surface area is 208 Å². The highest BCUT2D eigenvalue weighted by Crippen LogP contribution is 2.46. The van der Waals surface area contributed by atoms with Gasteiger partial charge in [-0.2, -0.15) is 0 Å². The van der Waals surface area contributed by atoms with Gasteiger partial charge in [-0.05, 0) is 67.9 Å². The molecule has 2 amide bonds. The van der Waals surface area contributed by atoms with E-state index in [4.69, 9.17) is 0 Å². The van der Waals surface area contributed by atoms with Crippen molar-refractivity contribution in [2.75, 3.05) is 10.6 Å². The highest BCUT2D eigenvalue weighted by atomic mass is 32.2. The van der Waals surface area contributed by atoms with E-state index in [0.29, 0.717) is 23.6 Å². The fraction of sp³-hybridized carbons (Fsp3) is 0.481. The normalized spacial score (nSPS) is 14.9. The van der Waals surface area contributed by atoms with Gasteiger partial charge in [0.25, 0.3) is 0 Å². The van der Waals surface area contributed by atoms with E-state index in [-0.39, 0.29) is 28.7 Å². The molecule has 3 rings (SSSR count). The van der Waals surface area contributed by atoms with Crippen LogP contribution in [0, 0.1) is 18.3 Å². The van der Waals surface area contributed by atoms with Gasteiger partial charge in [-0.3, -0.25) is 9.59 Å². The number of carbonyl (C=O) groups excluding carboxylic acids is 2. The van der Waals surface area contributed by atoms with E-state index in [9.17, 15) is 23.1 Å². The third-order valence-corrected chi connectivity index (χ3v) is 8.99. The highest BCUT2D eigenvalue weighted by molar-refractivity contribution is 7.92. The van der Waals surface area contributed by atoms with Crippen molar-refractivity contribution in [1.29, 1.82) is 0 Å². The van der Waals surface area contributed by atoms with E-state index in [1.807, 2.05) is 20.8 Å². The predicted octanol–water partition coefficient (Wildman–Crippen LogP) is 5.22. The summed E-state index contributed by atoms with van der Waals surface area (Å²) in [4.78, 5) is 26.1. The van der Waals surface area contributed by atoms with E-state index < -0.39 is 26.4 Å². The minimum absolute atomic E-state index is 0.0988. The van der Waals surface area contributed by atoms with Crippen LogP contribution in [0.15, 0.2) is 41.3 Å². The first-order chi connectivity index (χ1) is 16.4. The molecule has 0 aliphatic heterocycles. The summed E-state index contributed by atoms with van der Waals surface area (Å²) in [5, 5.41) is 14.9. The first kappa shape index (κ1) is 26.7. The largest absolute Gasteiger partial charge is 0.506 e. The van der Waals surface area contributed by atoms with Gasteiger partial charge in [-0.1, -0.05) is 46.2 Å². The topological polar surface area (TPSA) is 113 Å². The Bertz CT molecular complexity index is 1220. The molecule has 0 radical (unpaired) electrons. The Balaban J connectivity index is 1.87. The maximum atomic E-state index is 13.2. The van der Waals surface area contributed by atoms with Gasteiger partial charge >= 0.3 is 0 Å². The smallest absolute Gasteiger partial charge is 0.243 e. The molecule has 1 atom stereocenters. The van der Waals surface area contributed by atoms with Gasteiger partial charge in [0.05, 0.1) is 10.6 Å². The SMILES string of the molecule is CCCc1cc(NC(=O)C(C)(C)C2CC2)c(O)cc1NC(=O)C(CC)S(=O)(=O)c1cccc(C)c1. The summed E-state index contributed by atoms with van der Waals surface area (Å²) in [7, 11) is -3.90. The van der Waals surface area contributed by atoms with Crippen molar-refractivity contribution in [2.24, 2.45) is 11.3 Å². The molecule has 0 spiro atoms. The zero-order valence-electron chi connectivity index (χ0n) is 21.1. The summed E-state index contributed by atoms with van der Waals surface area (Å²) in [6.07, 6.45) is 3.46. The van der Waals surface area contributed by atoms with Crippen LogP contribution in [0.25, 0.3) is 0 Å². The Morgan fingerprint density at radius 1 is 1.09 bits per heavy atom. The van der Waals surface area contributed by atoms with Crippen LogP contribution in [0.1, 0.15) is 64.5 Å². The molecular formula is C27H36N2O5S. The van der Waals surface area contributed by atoms with Crippen molar-refractivity contribution in [2.45, 2.75) is 76.9 Å². The Hall–Kier alpha value is -2.87. The molecule has 1 aliphatic rings. The van der Waals surface area contributed by atoms with Crippen molar-refractivity contribution >= 4 is 33.0 Å². The number of benzene rings is 2. The van der Waals surface area contributed by atoms with Crippen LogP contribution >= 0.6 is 0 Å². The molecule has 0 aromatic heterocycles. The molecule has 0 heterocycles. The molecule has 3 N–H and O–H groups in total. The highest BCUT2D eigenvalue weighted by Gasteiger charge is 2.43. The average Bonchev–Trinajstić information content (AvgIpc) is 3.63. The lowest BCUT2D eigenvalue weighted by atomic mass is 9.86. The summed E-state index contributed by atoms with van der Waals surface area (Å²) >= 11 is 0. The summed E-state index contributed by atoms with van der Waals surface area (Å²) in [6, 6.07) is 9.54. The van der Waals surface area contributed by atoms with Gasteiger partial charge in [0, 0.05) is 17.2 Å².